The van der Waals surface area contributed by atoms with Crippen molar-refractivity contribution in [2.75, 3.05) is 0 Å². The molecular formula is C16H21NO4. The molecule has 0 radical (unpaired) electrons. The third-order valence-corrected chi connectivity index (χ3v) is 4.83. The molecule has 1 N–H and O–H groups in total. The largest absolute Gasteiger partial charge is 0.480 e. The Morgan fingerprint density at radius 3 is 2.76 bits per heavy atom. The van der Waals surface area contributed by atoms with Crippen LogP contribution >= 0.6 is 0 Å². The van der Waals surface area contributed by atoms with Crippen LogP contribution in [0.15, 0.2) is 16.5 Å². The number of fused-ring (bicyclic) bond motifs is 1. The molecule has 2 heterocycles. The molecule has 2 fully saturated rings. The van der Waals surface area contributed by atoms with Crippen molar-refractivity contribution in [3.8, 4) is 0 Å². The molecule has 5 nitrogen and oxygen atoms in total. The second kappa shape index (κ2) is 5.54. The molecule has 21 heavy (non-hydrogen) atoms. The fraction of sp³-hybridized carbons (Fsp3) is 0.625. The number of aliphatic carboxylic acids is 1. The number of nitrogens with zero attached hydrogens (tertiary/aromatic N) is 1. The standard InChI is InChI=1S/C16H21NO4/c1-2-11-7-8-14(21-11)15(18)17-12-6-4-3-5-10(12)9-13(17)16(19)20/h7-8,10,12-13H,2-6,9H2,1H3,(H,19,20)/t10-,12-,13-/m0/s1. The average molecular weight is 291 g/mol. The van der Waals surface area contributed by atoms with Gasteiger partial charge in [-0.15, -0.1) is 0 Å². The first kappa shape index (κ1) is 14.2. The van der Waals surface area contributed by atoms with Crippen molar-refractivity contribution in [3.63, 3.8) is 0 Å². The smallest absolute Gasteiger partial charge is 0.326 e. The van der Waals surface area contributed by atoms with Gasteiger partial charge in [-0.3, -0.25) is 4.79 Å². The van der Waals surface area contributed by atoms with E-state index in [1.807, 2.05) is 6.92 Å². The van der Waals surface area contributed by atoms with Gasteiger partial charge < -0.3 is 14.4 Å². The minimum absolute atomic E-state index is 0.0579. The van der Waals surface area contributed by atoms with Crippen LogP contribution in [-0.4, -0.2) is 34.0 Å². The molecule has 5 heteroatoms. The second-order valence-corrected chi connectivity index (χ2v) is 6.03. The van der Waals surface area contributed by atoms with E-state index in [0.717, 1.165) is 37.9 Å². The summed E-state index contributed by atoms with van der Waals surface area (Å²) in [6, 6.07) is 2.80. The first-order valence-electron chi connectivity index (χ1n) is 7.76. The number of rotatable bonds is 3. The molecule has 0 aromatic carbocycles. The molecule has 1 aromatic heterocycles. The number of likely N-dealkylation sites (tertiary alicyclic amines) is 1. The number of carbonyl (C=O) groups excluding carboxylic acids is 1. The third kappa shape index (κ3) is 2.45. The summed E-state index contributed by atoms with van der Waals surface area (Å²) in [5.41, 5.74) is 0. The second-order valence-electron chi connectivity index (χ2n) is 6.03. The predicted octanol–water partition coefficient (Wildman–Crippen LogP) is 2.70. The number of carboxylic acid groups (broad SMARTS) is 1. The number of hydrogen-bond donors (Lipinski definition) is 1. The molecule has 0 spiro atoms. The molecule has 3 atom stereocenters. The molecule has 1 aliphatic carbocycles. The van der Waals surface area contributed by atoms with E-state index in [0.29, 0.717) is 12.3 Å². The molecule has 1 amide bonds. The lowest BCUT2D eigenvalue weighted by atomic mass is 9.84. The summed E-state index contributed by atoms with van der Waals surface area (Å²) in [7, 11) is 0. The summed E-state index contributed by atoms with van der Waals surface area (Å²) in [4.78, 5) is 25.8. The lowest BCUT2D eigenvalue weighted by Crippen LogP contribution is -2.46. The van der Waals surface area contributed by atoms with E-state index >= 15 is 0 Å². The van der Waals surface area contributed by atoms with Crippen molar-refractivity contribution in [2.24, 2.45) is 5.92 Å². The van der Waals surface area contributed by atoms with Gasteiger partial charge in [-0.05, 0) is 37.3 Å². The number of aryl methyl sites for hydroxylation is 1. The van der Waals surface area contributed by atoms with Gasteiger partial charge in [-0.1, -0.05) is 19.8 Å². The Kier molecular flexibility index (Phi) is 3.74. The highest BCUT2D eigenvalue weighted by Crippen LogP contribution is 2.40. The van der Waals surface area contributed by atoms with E-state index in [9.17, 15) is 14.7 Å². The SMILES string of the molecule is CCc1ccc(C(=O)N2[C@H](C(=O)O)C[C@@H]3CCCC[C@@H]32)o1. The average Bonchev–Trinajstić information content (AvgIpc) is 3.11. The summed E-state index contributed by atoms with van der Waals surface area (Å²) in [5, 5.41) is 9.45. The molecule has 2 aliphatic rings. The van der Waals surface area contributed by atoms with Gasteiger partial charge in [0.1, 0.15) is 11.8 Å². The first-order chi connectivity index (χ1) is 10.1. The zero-order valence-electron chi connectivity index (χ0n) is 12.2. The highest BCUT2D eigenvalue weighted by atomic mass is 16.4. The van der Waals surface area contributed by atoms with Gasteiger partial charge in [0, 0.05) is 12.5 Å². The quantitative estimate of drug-likeness (QED) is 0.929. The summed E-state index contributed by atoms with van der Waals surface area (Å²) in [6.45, 7) is 1.96. The summed E-state index contributed by atoms with van der Waals surface area (Å²) in [6.07, 6.45) is 5.43. The van der Waals surface area contributed by atoms with Crippen molar-refractivity contribution in [3.05, 3.63) is 23.7 Å². The van der Waals surface area contributed by atoms with Crippen LogP contribution < -0.4 is 0 Å². The van der Waals surface area contributed by atoms with E-state index in [1.165, 1.54) is 0 Å². The molecule has 0 bridgehead atoms. The van der Waals surface area contributed by atoms with Gasteiger partial charge >= 0.3 is 5.97 Å². The van der Waals surface area contributed by atoms with Gasteiger partial charge in [0.25, 0.3) is 5.91 Å². The Morgan fingerprint density at radius 2 is 2.10 bits per heavy atom. The van der Waals surface area contributed by atoms with Crippen LogP contribution in [0.2, 0.25) is 0 Å². The van der Waals surface area contributed by atoms with Crippen molar-refractivity contribution >= 4 is 11.9 Å². The number of amides is 1. The molecule has 3 rings (SSSR count). The van der Waals surface area contributed by atoms with Crippen molar-refractivity contribution in [1.82, 2.24) is 4.90 Å². The Labute approximate surface area is 123 Å². The number of hydrogen-bond acceptors (Lipinski definition) is 3. The third-order valence-electron chi connectivity index (χ3n) is 4.83. The molecule has 0 unspecified atom stereocenters. The summed E-state index contributed by atoms with van der Waals surface area (Å²) in [5.74, 6) is 0.176. The molecule has 1 aromatic rings. The van der Waals surface area contributed by atoms with Crippen LogP contribution in [0.4, 0.5) is 0 Å². The monoisotopic (exact) mass is 291 g/mol. The number of carboxylic acids is 1. The van der Waals surface area contributed by atoms with Gasteiger partial charge in [0.15, 0.2) is 5.76 Å². The Hall–Kier alpha value is -1.78. The predicted molar refractivity (Wildman–Crippen MR) is 76.0 cm³/mol. The minimum Gasteiger partial charge on any atom is -0.480 e. The number of furan rings is 1. The van der Waals surface area contributed by atoms with E-state index in [-0.39, 0.29) is 17.7 Å². The molecule has 1 saturated heterocycles. The van der Waals surface area contributed by atoms with Crippen molar-refractivity contribution in [1.29, 1.82) is 0 Å². The van der Waals surface area contributed by atoms with Crippen molar-refractivity contribution in [2.45, 2.75) is 57.5 Å². The fourth-order valence-electron chi connectivity index (χ4n) is 3.78. The number of carbonyl (C=O) groups is 2. The fourth-order valence-corrected chi connectivity index (χ4v) is 3.78. The highest BCUT2D eigenvalue weighted by Gasteiger charge is 2.48. The van der Waals surface area contributed by atoms with Crippen LogP contribution in [0.5, 0.6) is 0 Å². The van der Waals surface area contributed by atoms with E-state index in [1.54, 1.807) is 17.0 Å². The normalized spacial score (nSPS) is 28.4. The van der Waals surface area contributed by atoms with E-state index < -0.39 is 12.0 Å². The van der Waals surface area contributed by atoms with Gasteiger partial charge in [0.2, 0.25) is 0 Å². The zero-order valence-corrected chi connectivity index (χ0v) is 12.2. The topological polar surface area (TPSA) is 70.8 Å². The first-order valence-corrected chi connectivity index (χ1v) is 7.76. The maximum Gasteiger partial charge on any atom is 0.326 e. The lowest BCUT2D eigenvalue weighted by Gasteiger charge is -2.32. The molecule has 114 valence electrons. The van der Waals surface area contributed by atoms with Crippen molar-refractivity contribution < 1.29 is 19.1 Å². The van der Waals surface area contributed by atoms with Gasteiger partial charge in [-0.2, -0.15) is 0 Å². The van der Waals surface area contributed by atoms with Crippen LogP contribution in [0, 0.1) is 5.92 Å². The van der Waals surface area contributed by atoms with E-state index in [4.69, 9.17) is 4.42 Å². The van der Waals surface area contributed by atoms with Crippen LogP contribution in [0.3, 0.4) is 0 Å². The van der Waals surface area contributed by atoms with Crippen LogP contribution in [0.25, 0.3) is 0 Å². The molecule has 1 aliphatic heterocycles. The maximum atomic E-state index is 12.7. The maximum absolute atomic E-state index is 12.7. The molecular weight excluding hydrogens is 270 g/mol. The minimum atomic E-state index is -0.903. The van der Waals surface area contributed by atoms with Gasteiger partial charge in [0.05, 0.1) is 0 Å². The summed E-state index contributed by atoms with van der Waals surface area (Å²) < 4.78 is 5.53. The summed E-state index contributed by atoms with van der Waals surface area (Å²) >= 11 is 0. The van der Waals surface area contributed by atoms with Crippen LogP contribution in [-0.2, 0) is 11.2 Å². The Morgan fingerprint density at radius 1 is 1.33 bits per heavy atom. The van der Waals surface area contributed by atoms with Gasteiger partial charge in [-0.25, -0.2) is 4.79 Å². The Balaban J connectivity index is 1.88. The van der Waals surface area contributed by atoms with E-state index in [2.05, 4.69) is 0 Å². The lowest BCUT2D eigenvalue weighted by molar-refractivity contribution is -0.141. The Bertz CT molecular complexity index is 550. The zero-order chi connectivity index (χ0) is 15.0. The highest BCUT2D eigenvalue weighted by molar-refractivity contribution is 5.95. The molecule has 1 saturated carbocycles. The van der Waals surface area contributed by atoms with Crippen LogP contribution in [0.1, 0.15) is 55.3 Å².